The van der Waals surface area contributed by atoms with Crippen LogP contribution in [-0.4, -0.2) is 121 Å². The van der Waals surface area contributed by atoms with Crippen LogP contribution in [0.4, 0.5) is 25.1 Å². The van der Waals surface area contributed by atoms with Gasteiger partial charge in [-0.25, -0.2) is 13.6 Å². The van der Waals surface area contributed by atoms with E-state index in [1.54, 1.807) is 54.3 Å². The highest BCUT2D eigenvalue weighted by Gasteiger charge is 2.46. The normalized spacial score (nSPS) is 19.7. The van der Waals surface area contributed by atoms with Crippen molar-refractivity contribution >= 4 is 41.2 Å². The van der Waals surface area contributed by atoms with Gasteiger partial charge in [-0.2, -0.15) is 10.2 Å². The van der Waals surface area contributed by atoms with Crippen LogP contribution in [0.2, 0.25) is 0 Å². The predicted octanol–water partition coefficient (Wildman–Crippen LogP) is 5.00. The number of aryl methyl sites for hydroxylation is 2. The van der Waals surface area contributed by atoms with E-state index in [1.807, 2.05) is 6.07 Å². The number of anilines is 2. The summed E-state index contributed by atoms with van der Waals surface area (Å²) in [6.45, 7) is 3.08. The van der Waals surface area contributed by atoms with E-state index in [-0.39, 0.29) is 54.0 Å². The Morgan fingerprint density at radius 1 is 0.985 bits per heavy atom. The molecule has 6 amide bonds. The predicted molar refractivity (Wildman–Crippen MR) is 233 cm³/mol. The second-order valence-electron chi connectivity index (χ2n) is 17.5. The molecular formula is C46H54F2N10O7. The van der Waals surface area contributed by atoms with Crippen molar-refractivity contribution in [1.82, 2.24) is 44.9 Å². The molecule has 344 valence electrons. The summed E-state index contributed by atoms with van der Waals surface area (Å²) < 4.78 is 39.2. The van der Waals surface area contributed by atoms with E-state index < -0.39 is 42.3 Å². The summed E-state index contributed by atoms with van der Waals surface area (Å²) in [6, 6.07) is 7.09. The Morgan fingerprint density at radius 2 is 1.80 bits per heavy atom. The molecule has 4 aromatic rings. The van der Waals surface area contributed by atoms with Crippen molar-refractivity contribution in [2.24, 2.45) is 7.05 Å². The second-order valence-corrected chi connectivity index (χ2v) is 17.5. The number of ether oxygens (including phenoxy) is 1. The zero-order valence-electron chi connectivity index (χ0n) is 36.6. The van der Waals surface area contributed by atoms with Crippen LogP contribution in [0.1, 0.15) is 113 Å². The lowest BCUT2D eigenvalue weighted by Gasteiger charge is -2.36. The first kappa shape index (κ1) is 44.0. The van der Waals surface area contributed by atoms with Crippen molar-refractivity contribution in [3.05, 3.63) is 76.2 Å². The van der Waals surface area contributed by atoms with Gasteiger partial charge in [0.25, 0.3) is 18.2 Å². The number of unbranched alkanes of at least 4 members (excludes halogenated alkanes) is 2. The van der Waals surface area contributed by atoms with Crippen LogP contribution in [0.25, 0.3) is 11.1 Å². The monoisotopic (exact) mass is 896 g/mol. The first-order valence-electron chi connectivity index (χ1n) is 22.6. The molecule has 65 heavy (non-hydrogen) atoms. The number of alkyl halides is 2. The van der Waals surface area contributed by atoms with E-state index in [9.17, 15) is 37.9 Å². The number of imide groups is 2. The maximum Gasteiger partial charge on any atom is 0.317 e. The van der Waals surface area contributed by atoms with Crippen LogP contribution in [0, 0.1) is 0 Å². The Morgan fingerprint density at radius 3 is 2.54 bits per heavy atom. The lowest BCUT2D eigenvalue weighted by atomic mass is 9.92. The van der Waals surface area contributed by atoms with Gasteiger partial charge in [-0.1, -0.05) is 6.07 Å². The molecule has 9 rings (SSSR count). The highest BCUT2D eigenvalue weighted by molar-refractivity contribution is 6.24. The lowest BCUT2D eigenvalue weighted by molar-refractivity contribution is -0.136. The molecule has 7 heterocycles. The van der Waals surface area contributed by atoms with Crippen molar-refractivity contribution in [3.8, 4) is 16.9 Å². The molecule has 2 aromatic heterocycles. The molecule has 19 heteroatoms. The van der Waals surface area contributed by atoms with E-state index in [1.165, 1.54) is 6.07 Å². The molecule has 2 atom stereocenters. The summed E-state index contributed by atoms with van der Waals surface area (Å²) in [7, 11) is 3.37. The van der Waals surface area contributed by atoms with Crippen LogP contribution >= 0.6 is 0 Å². The first-order valence-corrected chi connectivity index (χ1v) is 22.6. The molecule has 0 spiro atoms. The van der Waals surface area contributed by atoms with Gasteiger partial charge in [-0.3, -0.25) is 43.7 Å². The molecule has 17 nitrogen and oxygen atoms in total. The number of piperidine rings is 2. The molecule has 5 aliphatic heterocycles. The number of rotatable bonds is 13. The molecule has 0 radical (unpaired) electrons. The fourth-order valence-electron chi connectivity index (χ4n) is 10.1. The molecule has 0 bridgehead atoms. The minimum atomic E-state index is -2.70. The van der Waals surface area contributed by atoms with Crippen LogP contribution in [0.15, 0.2) is 42.7 Å². The van der Waals surface area contributed by atoms with Crippen molar-refractivity contribution in [2.45, 2.75) is 102 Å². The Hall–Kier alpha value is -6.21. The number of hydrogen-bond acceptors (Lipinski definition) is 11. The molecule has 0 saturated carbocycles. The van der Waals surface area contributed by atoms with Gasteiger partial charge >= 0.3 is 6.03 Å². The van der Waals surface area contributed by atoms with Gasteiger partial charge < -0.3 is 25.0 Å². The van der Waals surface area contributed by atoms with Crippen molar-refractivity contribution in [1.29, 1.82) is 0 Å². The number of carbonyl (C=O) groups excluding carboxylic acids is 5. The standard InChI is InChI=1S/C46H54F2N10O7/c1-49-46(64)55-20-16-34-33(26-55)42(56-17-7-8-27-22-31(28-24-50-53(2)25-28)32(41(47)48)23-36(27)56)52-58(34)29-14-18-54(19-15-29)39(60)11-4-3-5-21-65-37-10-6-9-30-40(37)45(63)57(44(30)62)35-12-13-38(59)51-43(35)61/h6,9-10,22-25,29,35,39,41,60H,3-5,7-8,11-21,26H2,1-2H3,(H,49,64)(H,51,59,61). The Labute approximate surface area is 374 Å². The number of likely N-dealkylation sites (tertiary alicyclic amines) is 1. The van der Waals surface area contributed by atoms with Crippen LogP contribution < -0.4 is 20.3 Å². The van der Waals surface area contributed by atoms with Gasteiger partial charge in [0.2, 0.25) is 11.8 Å². The molecule has 2 fully saturated rings. The largest absolute Gasteiger partial charge is 0.493 e. The minimum absolute atomic E-state index is 0.0390. The van der Waals surface area contributed by atoms with Gasteiger partial charge in [0, 0.05) is 87.4 Å². The van der Waals surface area contributed by atoms with Gasteiger partial charge in [0.1, 0.15) is 18.0 Å². The number of carbonyl (C=O) groups is 5. The number of urea groups is 1. The van der Waals surface area contributed by atoms with Crippen molar-refractivity contribution < 1.29 is 42.6 Å². The maximum atomic E-state index is 14.7. The summed E-state index contributed by atoms with van der Waals surface area (Å²) in [5, 5.41) is 25.7. The second kappa shape index (κ2) is 18.3. The van der Waals surface area contributed by atoms with Gasteiger partial charge in [-0.15, -0.1) is 0 Å². The van der Waals surface area contributed by atoms with Crippen LogP contribution in [-0.2, 0) is 36.0 Å². The van der Waals surface area contributed by atoms with E-state index in [2.05, 4.69) is 30.2 Å². The molecular weight excluding hydrogens is 843 g/mol. The number of nitrogens with one attached hydrogen (secondary N) is 2. The number of halogens is 2. The number of aliphatic hydroxyl groups excluding tert-OH is 1. The molecule has 5 aliphatic rings. The number of aromatic nitrogens is 4. The molecule has 3 N–H and O–H groups in total. The molecule has 2 aromatic carbocycles. The molecule has 2 unspecified atom stereocenters. The van der Waals surface area contributed by atoms with Crippen LogP contribution in [0.5, 0.6) is 5.75 Å². The minimum Gasteiger partial charge on any atom is -0.493 e. The third kappa shape index (κ3) is 8.46. The summed E-state index contributed by atoms with van der Waals surface area (Å²) >= 11 is 0. The quantitative estimate of drug-likeness (QED) is 0.121. The van der Waals surface area contributed by atoms with Gasteiger partial charge in [-0.05, 0) is 93.2 Å². The Bertz CT molecular complexity index is 2520. The summed E-state index contributed by atoms with van der Waals surface area (Å²) in [6.07, 6.45) is 6.50. The van der Waals surface area contributed by atoms with E-state index in [4.69, 9.17) is 9.84 Å². The number of benzene rings is 2. The number of fused-ring (bicyclic) bond motifs is 3. The average Bonchev–Trinajstić information content (AvgIpc) is 3.99. The fraction of sp³-hybridized carbons (Fsp3) is 0.500. The zero-order chi connectivity index (χ0) is 45.5. The van der Waals surface area contributed by atoms with Crippen molar-refractivity contribution in [3.63, 3.8) is 0 Å². The summed E-state index contributed by atoms with van der Waals surface area (Å²) in [5.74, 6) is -1.34. The highest BCUT2D eigenvalue weighted by Crippen LogP contribution is 2.44. The van der Waals surface area contributed by atoms with E-state index in [0.717, 1.165) is 60.2 Å². The highest BCUT2D eigenvalue weighted by atomic mass is 19.3. The Balaban J connectivity index is 0.820. The third-order valence-electron chi connectivity index (χ3n) is 13.5. The summed E-state index contributed by atoms with van der Waals surface area (Å²) in [4.78, 5) is 70.4. The van der Waals surface area contributed by atoms with Crippen LogP contribution in [0.3, 0.4) is 0 Å². The SMILES string of the molecule is CNC(=O)N1CCc2c(c(N3CCCc4cc(-c5cnn(C)c5)c(C(F)F)cc43)nn2C2CCN(C(O)CCCCCOc3cccc4c3C(=O)N(C3CCC(=O)NC3=O)C4=O)CC2)C1. The number of hydrogen-bond donors (Lipinski definition) is 3. The van der Waals surface area contributed by atoms with E-state index >= 15 is 0 Å². The topological polar surface area (TPSA) is 187 Å². The smallest absolute Gasteiger partial charge is 0.317 e. The summed E-state index contributed by atoms with van der Waals surface area (Å²) in [5.41, 5.74) is 5.00. The Kier molecular flexibility index (Phi) is 12.4. The number of nitrogens with zero attached hydrogens (tertiary/aromatic N) is 8. The number of aliphatic hydroxyl groups is 1. The van der Waals surface area contributed by atoms with Gasteiger partial charge in [0.05, 0.1) is 36.5 Å². The molecule has 0 aliphatic carbocycles. The van der Waals surface area contributed by atoms with Crippen molar-refractivity contribution in [2.75, 3.05) is 44.7 Å². The maximum absolute atomic E-state index is 14.7. The first-order chi connectivity index (χ1) is 31.4. The molecule has 2 saturated heterocycles. The number of amides is 6. The fourth-order valence-corrected chi connectivity index (χ4v) is 10.1. The zero-order valence-corrected chi connectivity index (χ0v) is 36.6. The van der Waals surface area contributed by atoms with Gasteiger partial charge in [0.15, 0.2) is 5.82 Å². The third-order valence-corrected chi connectivity index (χ3v) is 13.5. The lowest BCUT2D eigenvalue weighted by Crippen LogP contribution is -2.54. The average molecular weight is 897 g/mol. The van der Waals surface area contributed by atoms with E-state index in [0.29, 0.717) is 74.6 Å².